The van der Waals surface area contributed by atoms with Gasteiger partial charge in [-0.15, -0.1) is 0 Å². The molecule has 32 heavy (non-hydrogen) atoms. The molecule has 4 nitrogen and oxygen atoms in total. The summed E-state index contributed by atoms with van der Waals surface area (Å²) >= 11 is 0. The zero-order valence-electron chi connectivity index (χ0n) is 19.4. The molecule has 0 radical (unpaired) electrons. The Morgan fingerprint density at radius 3 is 2.59 bits per heavy atom. The third-order valence-electron chi connectivity index (χ3n) is 9.82. The van der Waals surface area contributed by atoms with E-state index in [-0.39, 0.29) is 35.2 Å². The minimum Gasteiger partial charge on any atom is -0.454 e. The smallest absolute Gasteiger partial charge is 0.338 e. The van der Waals surface area contributed by atoms with Gasteiger partial charge >= 0.3 is 5.97 Å². The van der Waals surface area contributed by atoms with E-state index in [0.29, 0.717) is 23.3 Å². The van der Waals surface area contributed by atoms with Gasteiger partial charge in [-0.25, -0.2) is 4.79 Å². The van der Waals surface area contributed by atoms with Gasteiger partial charge in [0.15, 0.2) is 12.4 Å². The third-order valence-corrected chi connectivity index (χ3v) is 9.82. The van der Waals surface area contributed by atoms with Gasteiger partial charge in [0.05, 0.1) is 11.7 Å². The lowest BCUT2D eigenvalue weighted by atomic mass is 9.47. The van der Waals surface area contributed by atoms with Crippen LogP contribution in [0.4, 0.5) is 0 Å². The van der Waals surface area contributed by atoms with Gasteiger partial charge in [-0.3, -0.25) is 4.79 Å². The predicted octanol–water partition coefficient (Wildman–Crippen LogP) is 5.35. The summed E-state index contributed by atoms with van der Waals surface area (Å²) in [6.45, 7) is 4.65. The van der Waals surface area contributed by atoms with Gasteiger partial charge in [0.2, 0.25) is 0 Å². The Morgan fingerprint density at radius 2 is 1.81 bits per heavy atom. The van der Waals surface area contributed by atoms with Gasteiger partial charge in [0, 0.05) is 5.92 Å². The number of esters is 1. The van der Waals surface area contributed by atoms with Crippen LogP contribution in [-0.4, -0.2) is 29.6 Å². The molecule has 0 heterocycles. The molecule has 0 saturated heterocycles. The molecule has 0 aromatic heterocycles. The molecule has 4 aliphatic rings. The second kappa shape index (κ2) is 8.13. The van der Waals surface area contributed by atoms with Crippen LogP contribution in [0.5, 0.6) is 0 Å². The first kappa shape index (κ1) is 21.9. The molecule has 7 atom stereocenters. The van der Waals surface area contributed by atoms with Crippen LogP contribution in [0.2, 0.25) is 0 Å². The van der Waals surface area contributed by atoms with E-state index in [9.17, 15) is 14.7 Å². The van der Waals surface area contributed by atoms with Gasteiger partial charge in [-0.2, -0.15) is 0 Å². The lowest BCUT2D eigenvalue weighted by molar-refractivity contribution is -0.132. The molecule has 0 unspecified atom stereocenters. The van der Waals surface area contributed by atoms with Gasteiger partial charge in [-0.05, 0) is 92.1 Å². The fourth-order valence-electron chi connectivity index (χ4n) is 8.07. The molecule has 1 N–H and O–H groups in total. The Balaban J connectivity index is 1.29. The highest BCUT2D eigenvalue weighted by Gasteiger charge is 2.59. The number of fused-ring (bicyclic) bond motifs is 5. The number of ether oxygens (including phenoxy) is 1. The van der Waals surface area contributed by atoms with E-state index in [2.05, 4.69) is 19.9 Å². The first-order chi connectivity index (χ1) is 15.3. The molecule has 1 aromatic rings. The van der Waals surface area contributed by atoms with E-state index in [1.54, 1.807) is 24.3 Å². The Bertz CT molecular complexity index is 921. The molecule has 0 amide bonds. The monoisotopic (exact) mass is 436 g/mol. The Labute approximate surface area is 191 Å². The van der Waals surface area contributed by atoms with Crippen molar-refractivity contribution in [2.45, 2.75) is 71.3 Å². The molecule has 0 spiro atoms. The quantitative estimate of drug-likeness (QED) is 0.510. The summed E-state index contributed by atoms with van der Waals surface area (Å²) in [7, 11) is 0. The second-order valence-corrected chi connectivity index (χ2v) is 11.2. The lowest BCUT2D eigenvalue weighted by Crippen LogP contribution is -2.51. The first-order valence-corrected chi connectivity index (χ1v) is 12.5. The molecular weight excluding hydrogens is 400 g/mol. The molecule has 0 bridgehead atoms. The highest BCUT2D eigenvalue weighted by atomic mass is 16.5. The summed E-state index contributed by atoms with van der Waals surface area (Å²) < 4.78 is 5.41. The Hall–Kier alpha value is -1.94. The maximum Gasteiger partial charge on any atom is 0.338 e. The van der Waals surface area contributed by atoms with Crippen molar-refractivity contribution in [1.82, 2.24) is 0 Å². The number of ketones is 1. The highest BCUT2D eigenvalue weighted by molar-refractivity contribution is 5.92. The minimum atomic E-state index is -0.417. The van der Waals surface area contributed by atoms with Crippen LogP contribution < -0.4 is 0 Å². The highest BCUT2D eigenvalue weighted by Crippen LogP contribution is 2.66. The van der Waals surface area contributed by atoms with Crippen molar-refractivity contribution in [3.05, 3.63) is 47.5 Å². The molecule has 172 valence electrons. The molecule has 3 saturated carbocycles. The topological polar surface area (TPSA) is 63.6 Å². The van der Waals surface area contributed by atoms with Crippen LogP contribution in [0.1, 0.15) is 75.6 Å². The predicted molar refractivity (Wildman–Crippen MR) is 123 cm³/mol. The number of carbonyl (C=O) groups is 2. The van der Waals surface area contributed by atoms with Gasteiger partial charge < -0.3 is 9.84 Å². The van der Waals surface area contributed by atoms with E-state index in [1.165, 1.54) is 5.57 Å². The van der Waals surface area contributed by atoms with E-state index < -0.39 is 5.97 Å². The number of rotatable bonds is 4. The van der Waals surface area contributed by atoms with Crippen molar-refractivity contribution in [1.29, 1.82) is 0 Å². The summed E-state index contributed by atoms with van der Waals surface area (Å²) in [5, 5.41) is 10.2. The van der Waals surface area contributed by atoms with Crippen LogP contribution in [0.25, 0.3) is 0 Å². The average Bonchev–Trinajstić information content (AvgIpc) is 3.15. The fraction of sp³-hybridized carbons (Fsp3) is 0.643. The van der Waals surface area contributed by atoms with Crippen LogP contribution in [0.3, 0.4) is 0 Å². The second-order valence-electron chi connectivity index (χ2n) is 11.2. The van der Waals surface area contributed by atoms with Crippen molar-refractivity contribution in [3.63, 3.8) is 0 Å². The van der Waals surface area contributed by atoms with Crippen molar-refractivity contribution in [3.8, 4) is 0 Å². The fourth-order valence-corrected chi connectivity index (χ4v) is 8.07. The minimum absolute atomic E-state index is 0.00723. The molecule has 1 aromatic carbocycles. The van der Waals surface area contributed by atoms with Crippen LogP contribution in [0, 0.1) is 34.5 Å². The molecule has 5 rings (SSSR count). The van der Waals surface area contributed by atoms with Crippen molar-refractivity contribution < 1.29 is 19.4 Å². The number of aliphatic hydroxyl groups excluding tert-OH is 1. The normalized spacial score (nSPS) is 40.5. The van der Waals surface area contributed by atoms with Crippen molar-refractivity contribution in [2.75, 3.05) is 6.61 Å². The molecule has 4 heteroatoms. The van der Waals surface area contributed by atoms with Gasteiger partial charge in [0.25, 0.3) is 0 Å². The van der Waals surface area contributed by atoms with E-state index in [1.807, 2.05) is 6.07 Å². The number of hydrogen-bond donors (Lipinski definition) is 1. The average molecular weight is 437 g/mol. The van der Waals surface area contributed by atoms with Crippen LogP contribution in [-0.2, 0) is 9.53 Å². The summed E-state index contributed by atoms with van der Waals surface area (Å²) in [4.78, 5) is 25.5. The SMILES string of the molecule is C[C@]12CC[C@H]3[C@@H](CC=C4C[C@@H](O)CC[C@@]43C)[C@@H]1CC[C@@H]2C(=O)COC(=O)c1ccccc1. The Kier molecular flexibility index (Phi) is 5.56. The number of benzene rings is 1. The maximum atomic E-state index is 13.2. The zero-order chi connectivity index (χ0) is 22.5. The summed E-state index contributed by atoms with van der Waals surface area (Å²) in [5.74, 6) is 1.52. The number of allylic oxidation sites excluding steroid dienone is 1. The third kappa shape index (κ3) is 3.46. The first-order valence-electron chi connectivity index (χ1n) is 12.5. The number of carbonyl (C=O) groups excluding carboxylic acids is 2. The van der Waals surface area contributed by atoms with Crippen LogP contribution >= 0.6 is 0 Å². The van der Waals surface area contributed by atoms with E-state index >= 15 is 0 Å². The van der Waals surface area contributed by atoms with Gasteiger partial charge in [0.1, 0.15) is 0 Å². The number of hydrogen-bond acceptors (Lipinski definition) is 4. The van der Waals surface area contributed by atoms with Crippen molar-refractivity contribution in [2.24, 2.45) is 34.5 Å². The lowest BCUT2D eigenvalue weighted by Gasteiger charge is -2.57. The molecule has 3 fully saturated rings. The summed E-state index contributed by atoms with van der Waals surface area (Å²) in [6.07, 6.45) is 10.4. The molecule has 0 aliphatic heterocycles. The molecular formula is C28H36O4. The number of aliphatic hydroxyl groups is 1. The summed E-state index contributed by atoms with van der Waals surface area (Å²) in [6, 6.07) is 8.90. The standard InChI is InChI=1S/C28H36O4/c1-27-14-12-20(29)16-19(27)8-9-21-22-10-11-24(28(22,2)15-13-23(21)27)25(30)17-32-26(31)18-6-4-3-5-7-18/h3-8,20-24,29H,9-17H2,1-2H3/t20-,21-,22-,23-,24+,27-,28-/m0/s1. The van der Waals surface area contributed by atoms with Crippen LogP contribution in [0.15, 0.2) is 42.0 Å². The van der Waals surface area contributed by atoms with E-state index in [0.717, 1.165) is 51.4 Å². The largest absolute Gasteiger partial charge is 0.454 e. The Morgan fingerprint density at radius 1 is 1.03 bits per heavy atom. The molecule has 4 aliphatic carbocycles. The maximum absolute atomic E-state index is 13.2. The van der Waals surface area contributed by atoms with Gasteiger partial charge in [-0.1, -0.05) is 43.7 Å². The van der Waals surface area contributed by atoms with E-state index in [4.69, 9.17) is 4.74 Å². The van der Waals surface area contributed by atoms with Crippen molar-refractivity contribution >= 4 is 11.8 Å². The number of Topliss-reactive ketones (excluding diaryl/α,β-unsaturated/α-hetero) is 1. The zero-order valence-corrected chi connectivity index (χ0v) is 19.4. The summed E-state index contributed by atoms with van der Waals surface area (Å²) in [5.41, 5.74) is 2.20.